The molecule has 1 atom stereocenters. The maximum absolute atomic E-state index is 13.2. The molecular weight excluding hydrogens is 332 g/mol. The Morgan fingerprint density at radius 1 is 1.04 bits per heavy atom. The van der Waals surface area contributed by atoms with Gasteiger partial charge in [-0.3, -0.25) is 9.59 Å². The van der Waals surface area contributed by atoms with Crippen molar-refractivity contribution in [1.82, 2.24) is 4.98 Å². The first-order valence-corrected chi connectivity index (χ1v) is 8.41. The van der Waals surface area contributed by atoms with Gasteiger partial charge in [0.1, 0.15) is 13.2 Å². The zero-order valence-electron chi connectivity index (χ0n) is 14.2. The van der Waals surface area contributed by atoms with Crippen molar-refractivity contribution in [2.45, 2.75) is 13.0 Å². The van der Waals surface area contributed by atoms with Gasteiger partial charge in [0.05, 0.1) is 5.56 Å². The van der Waals surface area contributed by atoms with E-state index in [-0.39, 0.29) is 17.4 Å². The number of hydrogen-bond donors (Lipinski definition) is 2. The number of carbonyl (C=O) groups is 1. The molecule has 26 heavy (non-hydrogen) atoms. The van der Waals surface area contributed by atoms with Crippen LogP contribution in [-0.2, 0) is 0 Å². The Kier molecular flexibility index (Phi) is 3.97. The fraction of sp³-hybridized carbons (Fsp3) is 0.200. The zero-order valence-corrected chi connectivity index (χ0v) is 14.2. The Morgan fingerprint density at radius 2 is 1.81 bits per heavy atom. The summed E-state index contributed by atoms with van der Waals surface area (Å²) in [6.07, 6.45) is 1.54. The van der Waals surface area contributed by atoms with Crippen molar-refractivity contribution in [3.8, 4) is 11.5 Å². The van der Waals surface area contributed by atoms with Gasteiger partial charge in [-0.1, -0.05) is 18.2 Å². The summed E-state index contributed by atoms with van der Waals surface area (Å²) in [5.74, 6) is 0.715. The van der Waals surface area contributed by atoms with Crippen LogP contribution in [0.2, 0.25) is 0 Å². The van der Waals surface area contributed by atoms with Crippen LogP contribution < -0.4 is 20.8 Å². The van der Waals surface area contributed by atoms with Gasteiger partial charge in [0.2, 0.25) is 0 Å². The normalized spacial score (nSPS) is 14.2. The molecular formula is C20H18N2O4. The Labute approximate surface area is 149 Å². The molecule has 1 aromatic heterocycles. The van der Waals surface area contributed by atoms with Crippen molar-refractivity contribution in [3.05, 3.63) is 69.6 Å². The number of carbonyl (C=O) groups excluding carboxylic acids is 1. The fourth-order valence-electron chi connectivity index (χ4n) is 3.26. The molecule has 0 amide bonds. The summed E-state index contributed by atoms with van der Waals surface area (Å²) in [4.78, 5) is 27.9. The predicted octanol–water partition coefficient (Wildman–Crippen LogP) is 2.55. The molecule has 0 radical (unpaired) electrons. The molecule has 1 aliphatic heterocycles. The van der Waals surface area contributed by atoms with Crippen LogP contribution in [0.1, 0.15) is 34.5 Å². The van der Waals surface area contributed by atoms with Crippen molar-refractivity contribution in [3.63, 3.8) is 0 Å². The smallest absolute Gasteiger partial charge is 0.255 e. The predicted molar refractivity (Wildman–Crippen MR) is 98.0 cm³/mol. The van der Waals surface area contributed by atoms with Crippen LogP contribution >= 0.6 is 0 Å². The first-order valence-electron chi connectivity index (χ1n) is 8.41. The van der Waals surface area contributed by atoms with E-state index in [4.69, 9.17) is 15.2 Å². The van der Waals surface area contributed by atoms with Gasteiger partial charge >= 0.3 is 0 Å². The highest BCUT2D eigenvalue weighted by molar-refractivity contribution is 6.17. The molecule has 3 aromatic rings. The molecule has 0 unspecified atom stereocenters. The van der Waals surface area contributed by atoms with E-state index >= 15 is 0 Å². The number of H-pyrrole nitrogens is 1. The number of aromatic amines is 1. The maximum Gasteiger partial charge on any atom is 0.255 e. The van der Waals surface area contributed by atoms with E-state index in [0.29, 0.717) is 46.6 Å². The van der Waals surface area contributed by atoms with Gasteiger partial charge in [-0.15, -0.1) is 0 Å². The van der Waals surface area contributed by atoms with Gasteiger partial charge in [-0.05, 0) is 30.5 Å². The Balaban J connectivity index is 1.91. The number of rotatable bonds is 3. The summed E-state index contributed by atoms with van der Waals surface area (Å²) >= 11 is 0. The number of ether oxygens (including phenoxy) is 2. The number of benzene rings is 2. The summed E-state index contributed by atoms with van der Waals surface area (Å²) in [6.45, 7) is 2.63. The maximum atomic E-state index is 13.2. The highest BCUT2D eigenvalue weighted by atomic mass is 16.6. The van der Waals surface area contributed by atoms with E-state index in [1.54, 1.807) is 36.4 Å². The van der Waals surface area contributed by atoms with Crippen molar-refractivity contribution in [2.24, 2.45) is 5.73 Å². The molecule has 3 N–H and O–H groups in total. The highest BCUT2D eigenvalue weighted by Crippen LogP contribution is 2.40. The zero-order chi connectivity index (χ0) is 18.3. The van der Waals surface area contributed by atoms with E-state index in [1.165, 1.54) is 6.20 Å². The minimum Gasteiger partial charge on any atom is -0.486 e. The highest BCUT2D eigenvalue weighted by Gasteiger charge is 2.26. The average molecular weight is 350 g/mol. The summed E-state index contributed by atoms with van der Waals surface area (Å²) in [5, 5.41) is 1.07. The number of hydrogen-bond acceptors (Lipinski definition) is 5. The van der Waals surface area contributed by atoms with Gasteiger partial charge < -0.3 is 20.2 Å². The molecule has 0 aliphatic carbocycles. The second-order valence-electron chi connectivity index (χ2n) is 6.25. The third kappa shape index (κ3) is 2.55. The van der Waals surface area contributed by atoms with Gasteiger partial charge in [0.15, 0.2) is 17.3 Å². The van der Waals surface area contributed by atoms with E-state index in [9.17, 15) is 9.59 Å². The van der Waals surface area contributed by atoms with Gasteiger partial charge in [0, 0.05) is 28.8 Å². The minimum atomic E-state index is -0.245. The third-order valence-electron chi connectivity index (χ3n) is 4.51. The van der Waals surface area contributed by atoms with Crippen molar-refractivity contribution in [1.29, 1.82) is 0 Å². The lowest BCUT2D eigenvalue weighted by molar-refractivity contribution is 0.102. The minimum absolute atomic E-state index is 0.223. The molecule has 1 aliphatic rings. The van der Waals surface area contributed by atoms with Gasteiger partial charge in [-0.2, -0.15) is 0 Å². The van der Waals surface area contributed by atoms with Crippen molar-refractivity contribution < 1.29 is 14.3 Å². The molecule has 0 bridgehead atoms. The molecule has 0 spiro atoms. The van der Waals surface area contributed by atoms with Gasteiger partial charge in [0.25, 0.3) is 5.56 Å². The summed E-state index contributed by atoms with van der Waals surface area (Å²) in [6, 6.07) is 10.1. The topological polar surface area (TPSA) is 94.4 Å². The largest absolute Gasteiger partial charge is 0.486 e. The van der Waals surface area contributed by atoms with Crippen molar-refractivity contribution in [2.75, 3.05) is 13.2 Å². The Bertz CT molecular complexity index is 1070. The fourth-order valence-corrected chi connectivity index (χ4v) is 3.26. The first kappa shape index (κ1) is 16.4. The monoisotopic (exact) mass is 350 g/mol. The number of pyridine rings is 1. The standard InChI is InChI=1S/C20H18N2O4/c1-11(21)12-5-6-16(19-18(12)25-9-10-26-19)17(23)14-3-2-4-15-13(14)7-8-22-20(15)24/h2-8,11H,9-10,21H2,1H3,(H,22,24)/t11-/m0/s1. The summed E-state index contributed by atoms with van der Waals surface area (Å²) in [7, 11) is 0. The van der Waals surface area contributed by atoms with Crippen LogP contribution in [-0.4, -0.2) is 24.0 Å². The van der Waals surface area contributed by atoms with E-state index in [2.05, 4.69) is 4.98 Å². The first-order chi connectivity index (χ1) is 12.6. The number of aromatic nitrogens is 1. The number of ketones is 1. The average Bonchev–Trinajstić information content (AvgIpc) is 2.66. The van der Waals surface area contributed by atoms with Crippen LogP contribution in [0.5, 0.6) is 11.5 Å². The number of nitrogens with one attached hydrogen (secondary N) is 1. The molecule has 6 nitrogen and oxygen atoms in total. The molecule has 6 heteroatoms. The molecule has 0 saturated carbocycles. The lowest BCUT2D eigenvalue weighted by Gasteiger charge is -2.24. The molecule has 0 fully saturated rings. The Morgan fingerprint density at radius 3 is 2.58 bits per heavy atom. The van der Waals surface area contributed by atoms with Crippen molar-refractivity contribution >= 4 is 16.6 Å². The second kappa shape index (κ2) is 6.31. The molecule has 2 heterocycles. The third-order valence-corrected chi connectivity index (χ3v) is 4.51. The van der Waals surface area contributed by atoms with Crippen LogP contribution in [0.15, 0.2) is 47.4 Å². The molecule has 132 valence electrons. The SMILES string of the molecule is C[C@H](N)c1ccc(C(=O)c2cccc3c(=O)[nH]ccc23)c2c1OCCO2. The molecule has 0 saturated heterocycles. The summed E-state index contributed by atoms with van der Waals surface area (Å²) in [5.41, 5.74) is 7.42. The summed E-state index contributed by atoms with van der Waals surface area (Å²) < 4.78 is 11.5. The quantitative estimate of drug-likeness (QED) is 0.708. The lowest BCUT2D eigenvalue weighted by atomic mass is 9.95. The number of fused-ring (bicyclic) bond motifs is 2. The lowest BCUT2D eigenvalue weighted by Crippen LogP contribution is -2.21. The van der Waals surface area contributed by atoms with E-state index in [0.717, 1.165) is 5.56 Å². The van der Waals surface area contributed by atoms with Crippen LogP contribution in [0.4, 0.5) is 0 Å². The van der Waals surface area contributed by atoms with Gasteiger partial charge in [-0.25, -0.2) is 0 Å². The number of nitrogens with two attached hydrogens (primary N) is 1. The van der Waals surface area contributed by atoms with Crippen LogP contribution in [0.25, 0.3) is 10.8 Å². The van der Waals surface area contributed by atoms with Crippen LogP contribution in [0.3, 0.4) is 0 Å². The van der Waals surface area contributed by atoms with E-state index in [1.807, 2.05) is 6.92 Å². The second-order valence-corrected chi connectivity index (χ2v) is 6.25. The van der Waals surface area contributed by atoms with E-state index < -0.39 is 0 Å². The Hall–Kier alpha value is -3.12. The molecule has 2 aromatic carbocycles. The van der Waals surface area contributed by atoms with Crippen LogP contribution in [0, 0.1) is 0 Å². The molecule has 4 rings (SSSR count).